The van der Waals surface area contributed by atoms with E-state index in [-0.39, 0.29) is 9.92 Å². The summed E-state index contributed by atoms with van der Waals surface area (Å²) in [5, 5.41) is 2.25. The van der Waals surface area contributed by atoms with Crippen LogP contribution in [-0.4, -0.2) is 28.0 Å². The number of carbonyl (C=O) groups excluding carboxylic acids is 1. The van der Waals surface area contributed by atoms with Gasteiger partial charge in [0, 0.05) is 11.8 Å². The molecule has 0 aliphatic rings. The predicted octanol–water partition coefficient (Wildman–Crippen LogP) is 5.20. The highest BCUT2D eigenvalue weighted by atomic mass is 35.5. The van der Waals surface area contributed by atoms with Crippen molar-refractivity contribution in [1.82, 2.24) is 0 Å². The zero-order valence-corrected chi connectivity index (χ0v) is 18.7. The number of benzene rings is 3. The number of carbonyl (C=O) groups is 1. The van der Waals surface area contributed by atoms with Gasteiger partial charge in [0.15, 0.2) is 0 Å². The molecule has 0 bridgehead atoms. The van der Waals surface area contributed by atoms with Crippen molar-refractivity contribution in [3.05, 3.63) is 83.4 Å². The highest BCUT2D eigenvalue weighted by Gasteiger charge is 2.34. The van der Waals surface area contributed by atoms with Gasteiger partial charge in [0.1, 0.15) is 12.3 Å². The fraction of sp³-hybridized carbons (Fsp3) is 0.136. The van der Waals surface area contributed by atoms with Crippen molar-refractivity contribution in [2.45, 2.75) is 11.1 Å². The average Bonchev–Trinajstić information content (AvgIpc) is 2.78. The van der Waals surface area contributed by atoms with Crippen molar-refractivity contribution < 1.29 is 31.1 Å². The van der Waals surface area contributed by atoms with E-state index in [1.165, 1.54) is 37.4 Å². The maximum atomic E-state index is 13.3. The van der Waals surface area contributed by atoms with E-state index < -0.39 is 39.9 Å². The molecule has 0 saturated carbocycles. The van der Waals surface area contributed by atoms with Crippen molar-refractivity contribution in [2.24, 2.45) is 0 Å². The van der Waals surface area contributed by atoms with Gasteiger partial charge in [0.05, 0.1) is 28.3 Å². The van der Waals surface area contributed by atoms with Crippen LogP contribution in [0.15, 0.2) is 77.7 Å². The number of hydrogen-bond acceptors (Lipinski definition) is 4. The number of rotatable bonds is 7. The number of anilines is 2. The van der Waals surface area contributed by atoms with Gasteiger partial charge in [-0.1, -0.05) is 35.9 Å². The van der Waals surface area contributed by atoms with Gasteiger partial charge in [-0.2, -0.15) is 13.2 Å². The Bertz CT molecular complexity index is 1250. The average molecular weight is 499 g/mol. The molecule has 0 aromatic heterocycles. The summed E-state index contributed by atoms with van der Waals surface area (Å²) in [6.07, 6.45) is -4.75. The van der Waals surface area contributed by atoms with Gasteiger partial charge in [0.2, 0.25) is 5.91 Å². The van der Waals surface area contributed by atoms with Crippen molar-refractivity contribution in [1.29, 1.82) is 0 Å². The first-order valence-corrected chi connectivity index (χ1v) is 11.2. The number of nitrogens with zero attached hydrogens (tertiary/aromatic N) is 1. The summed E-state index contributed by atoms with van der Waals surface area (Å²) in [4.78, 5) is 12.5. The largest absolute Gasteiger partial charge is 0.497 e. The van der Waals surface area contributed by atoms with Gasteiger partial charge in [-0.3, -0.25) is 9.10 Å². The molecule has 6 nitrogen and oxygen atoms in total. The first-order chi connectivity index (χ1) is 15.5. The number of sulfonamides is 1. The lowest BCUT2D eigenvalue weighted by Gasteiger charge is -2.26. The molecule has 0 fully saturated rings. The van der Waals surface area contributed by atoms with Crippen LogP contribution in [0.1, 0.15) is 5.56 Å². The highest BCUT2D eigenvalue weighted by molar-refractivity contribution is 7.92. The van der Waals surface area contributed by atoms with Gasteiger partial charge in [-0.15, -0.1) is 0 Å². The molecule has 0 spiro atoms. The maximum absolute atomic E-state index is 13.3. The zero-order valence-electron chi connectivity index (χ0n) is 17.1. The molecule has 0 atom stereocenters. The molecule has 1 amide bonds. The van der Waals surface area contributed by atoms with Crippen LogP contribution < -0.4 is 14.4 Å². The molecule has 0 heterocycles. The van der Waals surface area contributed by atoms with E-state index in [9.17, 15) is 26.4 Å². The summed E-state index contributed by atoms with van der Waals surface area (Å²) in [7, 11) is -3.01. The van der Waals surface area contributed by atoms with E-state index >= 15 is 0 Å². The highest BCUT2D eigenvalue weighted by Crippen LogP contribution is 2.37. The summed E-state index contributed by atoms with van der Waals surface area (Å²) in [6.45, 7) is -0.824. The molecule has 1 N–H and O–H groups in total. The Morgan fingerprint density at radius 2 is 1.73 bits per heavy atom. The molecule has 0 radical (unpaired) electrons. The number of alkyl halides is 3. The molecular formula is C22H18ClF3N2O4S. The van der Waals surface area contributed by atoms with E-state index in [1.54, 1.807) is 24.3 Å². The second kappa shape index (κ2) is 9.72. The number of amides is 1. The van der Waals surface area contributed by atoms with E-state index in [1.807, 2.05) is 0 Å². The zero-order chi connectivity index (χ0) is 24.2. The van der Waals surface area contributed by atoms with E-state index in [0.717, 1.165) is 12.1 Å². The Hall–Kier alpha value is -3.24. The number of halogens is 4. The molecule has 174 valence electrons. The molecule has 3 rings (SSSR count). The lowest BCUT2D eigenvalue weighted by molar-refractivity contribution is -0.137. The second-order valence-corrected chi connectivity index (χ2v) is 9.04. The Morgan fingerprint density at radius 1 is 1.03 bits per heavy atom. The van der Waals surface area contributed by atoms with Gasteiger partial charge >= 0.3 is 6.18 Å². The van der Waals surface area contributed by atoms with E-state index in [4.69, 9.17) is 16.3 Å². The van der Waals surface area contributed by atoms with Gasteiger partial charge in [-0.05, 0) is 42.5 Å². The topological polar surface area (TPSA) is 75.7 Å². The van der Waals surface area contributed by atoms with E-state index in [0.29, 0.717) is 21.8 Å². The van der Waals surface area contributed by atoms with E-state index in [2.05, 4.69) is 5.32 Å². The Labute approximate surface area is 193 Å². The molecular weight excluding hydrogens is 481 g/mol. The SMILES string of the molecule is COc1cccc(NC(=O)CN(c2cc(C(F)(F)F)ccc2Cl)S(=O)(=O)c2ccccc2)c1. The third-order valence-electron chi connectivity index (χ3n) is 4.51. The second-order valence-electron chi connectivity index (χ2n) is 6.77. The Balaban J connectivity index is 2.04. The monoisotopic (exact) mass is 498 g/mol. The molecule has 0 saturated heterocycles. The Morgan fingerprint density at radius 3 is 2.36 bits per heavy atom. The lowest BCUT2D eigenvalue weighted by atomic mass is 10.2. The van der Waals surface area contributed by atoms with Crippen LogP contribution in [0.5, 0.6) is 5.75 Å². The minimum atomic E-state index is -4.75. The van der Waals surface area contributed by atoms with Crippen molar-refractivity contribution in [3.8, 4) is 5.75 Å². The minimum Gasteiger partial charge on any atom is -0.497 e. The normalized spacial score (nSPS) is 11.7. The van der Waals surface area contributed by atoms with Crippen LogP contribution in [0.2, 0.25) is 5.02 Å². The van der Waals surface area contributed by atoms with Gasteiger partial charge in [-0.25, -0.2) is 8.42 Å². The summed E-state index contributed by atoms with van der Waals surface area (Å²) in [6, 6.07) is 15.6. The fourth-order valence-electron chi connectivity index (χ4n) is 2.93. The first kappa shape index (κ1) is 24.4. The molecule has 11 heteroatoms. The maximum Gasteiger partial charge on any atom is 0.416 e. The minimum absolute atomic E-state index is 0.215. The van der Waals surface area contributed by atoms with Crippen LogP contribution >= 0.6 is 11.6 Å². The first-order valence-electron chi connectivity index (χ1n) is 9.41. The molecule has 0 aliphatic carbocycles. The number of hydrogen-bond donors (Lipinski definition) is 1. The summed E-state index contributed by atoms with van der Waals surface area (Å²) >= 11 is 6.10. The third kappa shape index (κ3) is 5.77. The quantitative estimate of drug-likeness (QED) is 0.486. The summed E-state index contributed by atoms with van der Waals surface area (Å²) in [5.74, 6) is -0.348. The van der Waals surface area contributed by atoms with Crippen molar-refractivity contribution >= 4 is 38.9 Å². The fourth-order valence-corrected chi connectivity index (χ4v) is 4.65. The van der Waals surface area contributed by atoms with Crippen LogP contribution in [-0.2, 0) is 21.0 Å². The number of methoxy groups -OCH3 is 1. The summed E-state index contributed by atoms with van der Waals surface area (Å²) in [5.41, 5.74) is -1.27. The van der Waals surface area contributed by atoms with Crippen LogP contribution in [0.25, 0.3) is 0 Å². The molecule has 3 aromatic carbocycles. The molecule has 3 aromatic rings. The lowest BCUT2D eigenvalue weighted by Crippen LogP contribution is -2.38. The molecule has 33 heavy (non-hydrogen) atoms. The van der Waals surface area contributed by atoms with Gasteiger partial charge in [0.25, 0.3) is 10.0 Å². The number of ether oxygens (including phenoxy) is 1. The Kier molecular flexibility index (Phi) is 7.19. The van der Waals surface area contributed by atoms with Crippen LogP contribution in [0.4, 0.5) is 24.5 Å². The number of nitrogens with one attached hydrogen (secondary N) is 1. The van der Waals surface area contributed by atoms with Gasteiger partial charge < -0.3 is 10.1 Å². The summed E-state index contributed by atoms with van der Waals surface area (Å²) < 4.78 is 72.2. The smallest absolute Gasteiger partial charge is 0.416 e. The van der Waals surface area contributed by atoms with Crippen LogP contribution in [0.3, 0.4) is 0 Å². The standard InChI is InChI=1S/C22H18ClF3N2O4S/c1-32-17-7-5-6-16(13-17)27-21(29)14-28(33(30,31)18-8-3-2-4-9-18)20-12-15(22(24,25)26)10-11-19(20)23/h2-13H,14H2,1H3,(H,27,29). The molecule has 0 unspecified atom stereocenters. The predicted molar refractivity (Wildman–Crippen MR) is 119 cm³/mol. The third-order valence-corrected chi connectivity index (χ3v) is 6.61. The van der Waals surface area contributed by atoms with Crippen LogP contribution in [0, 0.1) is 0 Å². The van der Waals surface area contributed by atoms with Crippen molar-refractivity contribution in [2.75, 3.05) is 23.3 Å². The molecule has 0 aliphatic heterocycles. The van der Waals surface area contributed by atoms with Crippen molar-refractivity contribution in [3.63, 3.8) is 0 Å².